The number of thiazole rings is 1. The molecule has 2 aliphatic rings. The molecule has 0 spiro atoms. The highest BCUT2D eigenvalue weighted by molar-refractivity contribution is 9.10. The van der Waals surface area contributed by atoms with Crippen LogP contribution in [0.1, 0.15) is 40.0 Å². The van der Waals surface area contributed by atoms with E-state index in [-0.39, 0.29) is 22.5 Å². The van der Waals surface area contributed by atoms with Gasteiger partial charge in [0, 0.05) is 16.3 Å². The van der Waals surface area contributed by atoms with Gasteiger partial charge >= 0.3 is 0 Å². The van der Waals surface area contributed by atoms with E-state index in [0.717, 1.165) is 27.5 Å². The van der Waals surface area contributed by atoms with Crippen LogP contribution in [0.15, 0.2) is 22.7 Å². The molecule has 0 radical (unpaired) electrons. The summed E-state index contributed by atoms with van der Waals surface area (Å²) in [6.45, 7) is 6.16. The number of Topliss-reactive ketones (excluding diaryl/α,β-unsaturated/α-hetero) is 1. The van der Waals surface area contributed by atoms with Crippen LogP contribution in [0.5, 0.6) is 0 Å². The fraction of sp³-hybridized carbons (Fsp3) is 0.500. The van der Waals surface area contributed by atoms with Crippen molar-refractivity contribution in [1.82, 2.24) is 4.98 Å². The van der Waals surface area contributed by atoms with Gasteiger partial charge < -0.3 is 5.32 Å². The normalized spacial score (nSPS) is 30.9. The molecule has 4 rings (SSSR count). The number of nitrogens with one attached hydrogen (secondary N) is 1. The quantitative estimate of drug-likeness (QED) is 0.779. The molecule has 2 saturated carbocycles. The molecular weight excluding hydrogens is 388 g/mol. The fourth-order valence-electron chi connectivity index (χ4n) is 4.53. The zero-order valence-electron chi connectivity index (χ0n) is 13.9. The predicted octanol–water partition coefficient (Wildman–Crippen LogP) is 4.78. The van der Waals surface area contributed by atoms with Crippen molar-refractivity contribution >= 4 is 54.3 Å². The highest BCUT2D eigenvalue weighted by atomic mass is 79.9. The Balaban J connectivity index is 1.67. The number of nitrogens with zero attached hydrogens (tertiary/aromatic N) is 1. The van der Waals surface area contributed by atoms with Gasteiger partial charge in [-0.2, -0.15) is 0 Å². The molecule has 24 heavy (non-hydrogen) atoms. The Morgan fingerprint density at radius 3 is 2.67 bits per heavy atom. The van der Waals surface area contributed by atoms with Gasteiger partial charge in [0.1, 0.15) is 5.78 Å². The maximum atomic E-state index is 13.1. The second-order valence-corrected chi connectivity index (χ2v) is 9.67. The number of ketones is 1. The number of amides is 1. The van der Waals surface area contributed by atoms with Crippen molar-refractivity contribution in [3.8, 4) is 0 Å². The number of carbonyl (C=O) groups is 2. The maximum Gasteiger partial charge on any atom is 0.233 e. The van der Waals surface area contributed by atoms with Gasteiger partial charge in [-0.15, -0.1) is 0 Å². The fourth-order valence-corrected chi connectivity index (χ4v) is 5.94. The summed E-state index contributed by atoms with van der Waals surface area (Å²) in [6, 6.07) is 5.86. The molecule has 2 atom stereocenters. The number of fused-ring (bicyclic) bond motifs is 3. The topological polar surface area (TPSA) is 59.1 Å². The van der Waals surface area contributed by atoms with E-state index in [1.54, 1.807) is 0 Å². The maximum absolute atomic E-state index is 13.1. The number of hydrogen-bond donors (Lipinski definition) is 1. The minimum atomic E-state index is -0.614. The number of halogens is 1. The van der Waals surface area contributed by atoms with Gasteiger partial charge in [-0.05, 0) is 36.5 Å². The van der Waals surface area contributed by atoms with Crippen molar-refractivity contribution in [3.05, 3.63) is 22.7 Å². The molecule has 0 saturated heterocycles. The molecule has 1 aromatic carbocycles. The van der Waals surface area contributed by atoms with E-state index >= 15 is 0 Å². The summed E-state index contributed by atoms with van der Waals surface area (Å²) in [5.41, 5.74) is -0.463. The SMILES string of the molecule is CC1(C)[C@@]2(C(=O)Nc3nc4ccc(Br)cc4s3)CC[C@@]1(C)C(=O)C2. The molecule has 6 heteroatoms. The number of hydrogen-bond acceptors (Lipinski definition) is 4. The summed E-state index contributed by atoms with van der Waals surface area (Å²) in [4.78, 5) is 30.2. The van der Waals surface area contributed by atoms with Crippen LogP contribution in [0.2, 0.25) is 0 Å². The third-order valence-electron chi connectivity index (χ3n) is 6.71. The lowest BCUT2D eigenvalue weighted by Gasteiger charge is -2.38. The number of benzene rings is 1. The Morgan fingerprint density at radius 1 is 1.29 bits per heavy atom. The Bertz CT molecular complexity index is 890. The largest absolute Gasteiger partial charge is 0.301 e. The second-order valence-electron chi connectivity index (χ2n) is 7.72. The van der Waals surface area contributed by atoms with Gasteiger partial charge in [-0.25, -0.2) is 4.98 Å². The van der Waals surface area contributed by atoms with Crippen molar-refractivity contribution in [2.45, 2.75) is 40.0 Å². The molecule has 1 aromatic heterocycles. The van der Waals surface area contributed by atoms with Crippen LogP contribution in [-0.2, 0) is 9.59 Å². The van der Waals surface area contributed by atoms with E-state index in [2.05, 4.69) is 40.1 Å². The highest BCUT2D eigenvalue weighted by Gasteiger charge is 2.72. The predicted molar refractivity (Wildman–Crippen MR) is 99.1 cm³/mol. The molecule has 0 unspecified atom stereocenters. The van der Waals surface area contributed by atoms with E-state index in [9.17, 15) is 9.59 Å². The lowest BCUT2D eigenvalue weighted by atomic mass is 9.64. The summed E-state index contributed by atoms with van der Waals surface area (Å²) in [5.74, 6) is 0.169. The van der Waals surface area contributed by atoms with Gasteiger partial charge in [0.05, 0.1) is 15.6 Å². The lowest BCUT2D eigenvalue weighted by molar-refractivity contribution is -0.131. The van der Waals surface area contributed by atoms with Gasteiger partial charge in [-0.1, -0.05) is 48.0 Å². The molecule has 2 aliphatic carbocycles. The van der Waals surface area contributed by atoms with Crippen LogP contribution < -0.4 is 5.32 Å². The molecule has 4 nitrogen and oxygen atoms in total. The van der Waals surface area contributed by atoms with Gasteiger partial charge in [0.15, 0.2) is 5.13 Å². The molecule has 126 valence electrons. The number of aromatic nitrogens is 1. The van der Waals surface area contributed by atoms with Crippen LogP contribution in [-0.4, -0.2) is 16.7 Å². The first-order valence-corrected chi connectivity index (χ1v) is 9.71. The smallest absolute Gasteiger partial charge is 0.233 e. The van der Waals surface area contributed by atoms with E-state index in [0.29, 0.717) is 11.6 Å². The molecule has 2 fully saturated rings. The lowest BCUT2D eigenvalue weighted by Crippen LogP contribution is -2.43. The van der Waals surface area contributed by atoms with Gasteiger partial charge in [0.2, 0.25) is 5.91 Å². The van der Waals surface area contributed by atoms with Crippen molar-refractivity contribution in [2.75, 3.05) is 5.32 Å². The minimum absolute atomic E-state index is 0.0554. The summed E-state index contributed by atoms with van der Waals surface area (Å²) < 4.78 is 2.01. The zero-order valence-corrected chi connectivity index (χ0v) is 16.3. The molecule has 2 aromatic rings. The average Bonchev–Trinajstić information content (AvgIpc) is 3.03. The third kappa shape index (κ3) is 1.87. The first-order chi connectivity index (χ1) is 11.2. The third-order valence-corrected chi connectivity index (χ3v) is 8.14. The summed E-state index contributed by atoms with van der Waals surface area (Å²) in [5, 5.41) is 3.61. The van der Waals surface area contributed by atoms with Gasteiger partial charge in [0.25, 0.3) is 0 Å². The van der Waals surface area contributed by atoms with Crippen LogP contribution in [0.4, 0.5) is 5.13 Å². The van der Waals surface area contributed by atoms with Crippen LogP contribution in [0.3, 0.4) is 0 Å². The van der Waals surface area contributed by atoms with E-state index in [1.165, 1.54) is 11.3 Å². The Morgan fingerprint density at radius 2 is 2.04 bits per heavy atom. The molecular formula is C18H19BrN2O2S. The van der Waals surface area contributed by atoms with E-state index < -0.39 is 5.41 Å². The Kier molecular flexibility index (Phi) is 3.30. The van der Waals surface area contributed by atoms with Crippen molar-refractivity contribution in [2.24, 2.45) is 16.2 Å². The van der Waals surface area contributed by atoms with Crippen LogP contribution in [0.25, 0.3) is 10.2 Å². The summed E-state index contributed by atoms with van der Waals surface area (Å²) >= 11 is 4.92. The second kappa shape index (κ2) is 4.88. The van der Waals surface area contributed by atoms with E-state index in [4.69, 9.17) is 0 Å². The first kappa shape index (κ1) is 16.2. The molecule has 1 heterocycles. The van der Waals surface area contributed by atoms with E-state index in [1.807, 2.05) is 25.1 Å². The molecule has 1 N–H and O–H groups in total. The summed E-state index contributed by atoms with van der Waals surface area (Å²) in [7, 11) is 0. The first-order valence-electron chi connectivity index (χ1n) is 8.10. The minimum Gasteiger partial charge on any atom is -0.301 e. The standard InChI is InChI=1S/C18H19BrN2O2S/c1-16(2)17(3)6-7-18(16,9-13(17)22)14(23)21-15-20-11-5-4-10(19)8-12(11)24-15/h4-5,8H,6-7,9H2,1-3H3,(H,20,21,23)/t17-,18-/m0/s1. The monoisotopic (exact) mass is 406 g/mol. The zero-order chi connectivity index (χ0) is 17.3. The highest BCUT2D eigenvalue weighted by Crippen LogP contribution is 2.70. The van der Waals surface area contributed by atoms with Crippen LogP contribution in [0, 0.1) is 16.2 Å². The Labute approximate surface area is 153 Å². The van der Waals surface area contributed by atoms with Crippen molar-refractivity contribution in [3.63, 3.8) is 0 Å². The molecule has 1 amide bonds. The average molecular weight is 407 g/mol. The van der Waals surface area contributed by atoms with Crippen LogP contribution >= 0.6 is 27.3 Å². The summed E-state index contributed by atoms with van der Waals surface area (Å²) in [6.07, 6.45) is 1.91. The molecule has 2 bridgehead atoms. The van der Waals surface area contributed by atoms with Gasteiger partial charge in [-0.3, -0.25) is 9.59 Å². The number of carbonyl (C=O) groups excluding carboxylic acids is 2. The van der Waals surface area contributed by atoms with Crippen molar-refractivity contribution in [1.29, 1.82) is 0 Å². The molecule has 0 aliphatic heterocycles. The number of rotatable bonds is 2. The number of anilines is 1. The Hall–Kier alpha value is -1.27. The van der Waals surface area contributed by atoms with Crippen molar-refractivity contribution < 1.29 is 9.59 Å².